The Hall–Kier alpha value is -3.66. The van der Waals surface area contributed by atoms with Crippen LogP contribution in [0.1, 0.15) is 29.7 Å². The zero-order valence-corrected chi connectivity index (χ0v) is 15.9. The van der Waals surface area contributed by atoms with Gasteiger partial charge in [0.2, 0.25) is 5.91 Å². The molecule has 7 heteroatoms. The third-order valence-electron chi connectivity index (χ3n) is 5.62. The van der Waals surface area contributed by atoms with Gasteiger partial charge in [-0.1, -0.05) is 18.2 Å². The minimum Gasteiger partial charge on any atom is -0.383 e. The van der Waals surface area contributed by atoms with Gasteiger partial charge in [-0.2, -0.15) is 10.4 Å². The van der Waals surface area contributed by atoms with Gasteiger partial charge in [0, 0.05) is 48.3 Å². The van der Waals surface area contributed by atoms with Crippen LogP contribution in [0.15, 0.2) is 42.7 Å². The van der Waals surface area contributed by atoms with Gasteiger partial charge in [-0.25, -0.2) is 9.67 Å². The highest BCUT2D eigenvalue weighted by atomic mass is 16.2. The lowest BCUT2D eigenvalue weighted by Crippen LogP contribution is -2.37. The number of nitrogens with zero attached hydrogens (tertiary/aromatic N) is 5. The molecule has 1 amide bonds. The van der Waals surface area contributed by atoms with Crippen LogP contribution in [0.4, 0.5) is 5.82 Å². The molecule has 3 aromatic rings. The van der Waals surface area contributed by atoms with Crippen LogP contribution in [0.2, 0.25) is 0 Å². The molecule has 1 saturated carbocycles. The van der Waals surface area contributed by atoms with E-state index in [1.54, 1.807) is 10.9 Å². The smallest absolute Gasteiger partial charge is 0.225 e. The van der Waals surface area contributed by atoms with Gasteiger partial charge in [0.15, 0.2) is 0 Å². The number of nitriles is 1. The van der Waals surface area contributed by atoms with Gasteiger partial charge in [0.05, 0.1) is 17.6 Å². The molecule has 0 saturated heterocycles. The summed E-state index contributed by atoms with van der Waals surface area (Å²) in [5.41, 5.74) is 10.7. The molecule has 2 aromatic heterocycles. The average molecular weight is 384 g/mol. The summed E-state index contributed by atoms with van der Waals surface area (Å²) in [6.07, 6.45) is 6.23. The van der Waals surface area contributed by atoms with Crippen molar-refractivity contribution in [2.75, 3.05) is 12.3 Å². The fourth-order valence-corrected chi connectivity index (χ4v) is 3.96. The molecule has 2 N–H and O–H groups in total. The molecule has 1 aliphatic carbocycles. The number of nitrogen functional groups attached to an aromatic ring is 1. The molecule has 0 unspecified atom stereocenters. The maximum Gasteiger partial charge on any atom is 0.225 e. The van der Waals surface area contributed by atoms with E-state index in [0.29, 0.717) is 25.1 Å². The average Bonchev–Trinajstić information content (AvgIpc) is 3.49. The van der Waals surface area contributed by atoms with Crippen molar-refractivity contribution in [3.05, 3.63) is 59.5 Å². The second-order valence-corrected chi connectivity index (χ2v) is 7.58. The predicted octanol–water partition coefficient (Wildman–Crippen LogP) is 2.68. The third kappa shape index (κ3) is 3.03. The van der Waals surface area contributed by atoms with Crippen molar-refractivity contribution in [3.63, 3.8) is 0 Å². The highest BCUT2D eigenvalue weighted by Gasteiger charge is 2.36. The molecule has 5 rings (SSSR count). The topological polar surface area (TPSA) is 101 Å². The van der Waals surface area contributed by atoms with E-state index in [4.69, 9.17) is 5.73 Å². The van der Waals surface area contributed by atoms with Gasteiger partial charge in [-0.15, -0.1) is 0 Å². The second-order valence-electron chi connectivity index (χ2n) is 7.58. The molecule has 2 aliphatic rings. The number of aromatic nitrogens is 3. The highest BCUT2D eigenvalue weighted by Crippen LogP contribution is 2.37. The monoisotopic (exact) mass is 384 g/mol. The van der Waals surface area contributed by atoms with E-state index < -0.39 is 0 Å². The highest BCUT2D eigenvalue weighted by molar-refractivity contribution is 5.83. The first kappa shape index (κ1) is 17.4. The minimum atomic E-state index is 0.165. The Kier molecular flexibility index (Phi) is 4.06. The first-order chi connectivity index (χ1) is 14.2. The molecule has 1 fully saturated rings. The Morgan fingerprint density at radius 1 is 1.24 bits per heavy atom. The van der Waals surface area contributed by atoms with Crippen LogP contribution < -0.4 is 5.73 Å². The molecular formula is C22H20N6O. The lowest BCUT2D eigenvalue weighted by Gasteiger charge is -2.30. The molecule has 1 aromatic carbocycles. The summed E-state index contributed by atoms with van der Waals surface area (Å²) in [6, 6.07) is 12.0. The van der Waals surface area contributed by atoms with Crippen LogP contribution in [-0.4, -0.2) is 32.1 Å². The van der Waals surface area contributed by atoms with E-state index in [1.807, 2.05) is 41.4 Å². The van der Waals surface area contributed by atoms with Crippen molar-refractivity contribution in [1.29, 1.82) is 5.26 Å². The molecule has 144 valence electrons. The second kappa shape index (κ2) is 6.74. The quantitative estimate of drug-likeness (QED) is 0.748. The van der Waals surface area contributed by atoms with E-state index in [2.05, 4.69) is 16.2 Å². The van der Waals surface area contributed by atoms with Crippen molar-refractivity contribution in [2.45, 2.75) is 25.8 Å². The number of hydrogen-bond donors (Lipinski definition) is 1. The van der Waals surface area contributed by atoms with E-state index in [1.165, 1.54) is 0 Å². The SMILES string of the molecule is N#Cc1c(N)nc2c(c1-c1cnn(-c3ccccc3)c1)CN(C(=O)C1CC1)CC2. The molecule has 29 heavy (non-hydrogen) atoms. The van der Waals surface area contributed by atoms with Crippen molar-refractivity contribution >= 4 is 11.7 Å². The number of nitrogens with two attached hydrogens (primary N) is 1. The Bertz CT molecular complexity index is 1140. The third-order valence-corrected chi connectivity index (χ3v) is 5.62. The fraction of sp³-hybridized carbons (Fsp3) is 0.273. The standard InChI is InChI=1S/C22H20N6O/c23-10-17-20(15-11-25-28(12-15)16-4-2-1-3-5-16)18-13-27(22(29)14-6-7-14)9-8-19(18)26-21(17)24/h1-5,11-12,14H,6-9,13H2,(H2,24,26). The summed E-state index contributed by atoms with van der Waals surface area (Å²) in [6.45, 7) is 1.10. The number of amides is 1. The van der Waals surface area contributed by atoms with Gasteiger partial charge in [-0.3, -0.25) is 4.79 Å². The normalized spacial score (nSPS) is 15.6. The van der Waals surface area contributed by atoms with Crippen molar-refractivity contribution < 1.29 is 4.79 Å². The summed E-state index contributed by atoms with van der Waals surface area (Å²) in [7, 11) is 0. The Morgan fingerprint density at radius 3 is 2.76 bits per heavy atom. The van der Waals surface area contributed by atoms with Gasteiger partial charge in [-0.05, 0) is 25.0 Å². The number of carbonyl (C=O) groups is 1. The molecule has 0 radical (unpaired) electrons. The number of rotatable bonds is 3. The first-order valence-electron chi connectivity index (χ1n) is 9.76. The first-order valence-corrected chi connectivity index (χ1v) is 9.76. The Balaban J connectivity index is 1.61. The van der Waals surface area contributed by atoms with Crippen molar-refractivity contribution in [1.82, 2.24) is 19.7 Å². The lowest BCUT2D eigenvalue weighted by molar-refractivity contribution is -0.133. The maximum absolute atomic E-state index is 12.6. The summed E-state index contributed by atoms with van der Waals surface area (Å²) >= 11 is 0. The van der Waals surface area contributed by atoms with Gasteiger partial charge in [0.25, 0.3) is 0 Å². The van der Waals surface area contributed by atoms with Gasteiger partial charge < -0.3 is 10.6 Å². The zero-order chi connectivity index (χ0) is 20.0. The fourth-order valence-electron chi connectivity index (χ4n) is 3.96. The van der Waals surface area contributed by atoms with Gasteiger partial charge in [0.1, 0.15) is 17.5 Å². The van der Waals surface area contributed by atoms with E-state index in [-0.39, 0.29) is 17.6 Å². The maximum atomic E-state index is 12.6. The van der Waals surface area contributed by atoms with Crippen LogP contribution in [0, 0.1) is 17.2 Å². The van der Waals surface area contributed by atoms with Crippen LogP contribution in [0.3, 0.4) is 0 Å². The zero-order valence-electron chi connectivity index (χ0n) is 15.9. The molecular weight excluding hydrogens is 364 g/mol. The summed E-state index contributed by atoms with van der Waals surface area (Å²) in [5, 5.41) is 14.3. The molecule has 0 atom stereocenters. The van der Waals surface area contributed by atoms with Crippen LogP contribution in [-0.2, 0) is 17.8 Å². The summed E-state index contributed by atoms with van der Waals surface area (Å²) < 4.78 is 1.77. The number of fused-ring (bicyclic) bond motifs is 1. The van der Waals surface area contributed by atoms with Crippen molar-refractivity contribution in [3.8, 4) is 22.9 Å². The van der Waals surface area contributed by atoms with Crippen LogP contribution in [0.5, 0.6) is 0 Å². The number of carbonyl (C=O) groups excluding carboxylic acids is 1. The molecule has 1 aliphatic heterocycles. The largest absolute Gasteiger partial charge is 0.383 e. The van der Waals surface area contributed by atoms with E-state index in [0.717, 1.165) is 40.9 Å². The molecule has 0 spiro atoms. The lowest BCUT2D eigenvalue weighted by atomic mass is 9.92. The molecule has 7 nitrogen and oxygen atoms in total. The van der Waals surface area contributed by atoms with Crippen molar-refractivity contribution in [2.24, 2.45) is 5.92 Å². The van der Waals surface area contributed by atoms with Crippen LogP contribution >= 0.6 is 0 Å². The number of hydrogen-bond acceptors (Lipinski definition) is 5. The summed E-state index contributed by atoms with van der Waals surface area (Å²) in [5.74, 6) is 0.602. The number of anilines is 1. The van der Waals surface area contributed by atoms with E-state index in [9.17, 15) is 10.1 Å². The Labute approximate surface area is 168 Å². The number of benzene rings is 1. The number of pyridine rings is 1. The van der Waals surface area contributed by atoms with Crippen LogP contribution in [0.25, 0.3) is 16.8 Å². The molecule has 0 bridgehead atoms. The number of para-hydroxylation sites is 1. The molecule has 3 heterocycles. The van der Waals surface area contributed by atoms with Gasteiger partial charge >= 0.3 is 0 Å². The Morgan fingerprint density at radius 2 is 2.03 bits per heavy atom. The predicted molar refractivity (Wildman–Crippen MR) is 108 cm³/mol. The minimum absolute atomic E-state index is 0.165. The van der Waals surface area contributed by atoms with E-state index >= 15 is 0 Å². The summed E-state index contributed by atoms with van der Waals surface area (Å²) in [4.78, 5) is 19.0.